The first-order valence-electron chi connectivity index (χ1n) is 10.3. The summed E-state index contributed by atoms with van der Waals surface area (Å²) in [6.45, 7) is 8.02. The van der Waals surface area contributed by atoms with Gasteiger partial charge >= 0.3 is 0 Å². The zero-order valence-corrected chi connectivity index (χ0v) is 17.5. The SMILES string of the molecule is Cc1ccc(-c2nc3ccccc3n2CCCCOc2ccc(C)c(C)c2)cc1. The fraction of sp³-hybridized carbons (Fsp3) is 0.269. The molecule has 4 rings (SSSR count). The summed E-state index contributed by atoms with van der Waals surface area (Å²) in [6.07, 6.45) is 2.05. The number of aryl methyl sites for hydroxylation is 4. The molecule has 148 valence electrons. The molecule has 0 atom stereocenters. The maximum atomic E-state index is 5.95. The Hall–Kier alpha value is -3.07. The number of rotatable bonds is 7. The highest BCUT2D eigenvalue weighted by Gasteiger charge is 2.12. The molecule has 0 unspecified atom stereocenters. The molecule has 0 aliphatic heterocycles. The zero-order valence-electron chi connectivity index (χ0n) is 17.5. The minimum Gasteiger partial charge on any atom is -0.494 e. The molecule has 1 heterocycles. The quantitative estimate of drug-likeness (QED) is 0.341. The average molecular weight is 385 g/mol. The molecule has 4 aromatic rings. The molecule has 0 aliphatic carbocycles. The van der Waals surface area contributed by atoms with Gasteiger partial charge < -0.3 is 9.30 Å². The highest BCUT2D eigenvalue weighted by molar-refractivity contribution is 5.80. The van der Waals surface area contributed by atoms with Crippen LogP contribution >= 0.6 is 0 Å². The largest absolute Gasteiger partial charge is 0.494 e. The van der Waals surface area contributed by atoms with Crippen molar-refractivity contribution >= 4 is 11.0 Å². The van der Waals surface area contributed by atoms with Crippen LogP contribution in [0.1, 0.15) is 29.5 Å². The van der Waals surface area contributed by atoms with Crippen molar-refractivity contribution in [3.05, 3.63) is 83.4 Å². The number of hydrogen-bond donors (Lipinski definition) is 0. The van der Waals surface area contributed by atoms with Gasteiger partial charge in [0, 0.05) is 12.1 Å². The molecule has 3 aromatic carbocycles. The molecule has 0 N–H and O–H groups in total. The number of unbranched alkanes of at least 4 members (excludes halogenated alkanes) is 1. The molecule has 3 nitrogen and oxygen atoms in total. The minimum absolute atomic E-state index is 0.731. The Labute approximate surface area is 173 Å². The van der Waals surface area contributed by atoms with Gasteiger partial charge in [-0.3, -0.25) is 0 Å². The lowest BCUT2D eigenvalue weighted by Gasteiger charge is -2.11. The first kappa shape index (κ1) is 19.3. The Bertz CT molecular complexity index is 1110. The van der Waals surface area contributed by atoms with Crippen LogP contribution in [-0.4, -0.2) is 16.2 Å². The van der Waals surface area contributed by atoms with Crippen molar-refractivity contribution < 1.29 is 4.74 Å². The number of ether oxygens (including phenoxy) is 1. The molecule has 0 saturated heterocycles. The number of benzene rings is 3. The lowest BCUT2D eigenvalue weighted by atomic mass is 10.1. The number of nitrogens with zero attached hydrogens (tertiary/aromatic N) is 2. The van der Waals surface area contributed by atoms with Gasteiger partial charge in [-0.25, -0.2) is 4.98 Å². The predicted octanol–water partition coefficient (Wildman–Crippen LogP) is 6.49. The van der Waals surface area contributed by atoms with Gasteiger partial charge in [-0.15, -0.1) is 0 Å². The van der Waals surface area contributed by atoms with Crippen LogP contribution in [-0.2, 0) is 6.54 Å². The van der Waals surface area contributed by atoms with E-state index in [1.165, 1.54) is 22.2 Å². The molecule has 0 bridgehead atoms. The van der Waals surface area contributed by atoms with Crippen molar-refractivity contribution in [3.8, 4) is 17.1 Å². The van der Waals surface area contributed by atoms with Crippen LogP contribution in [0.4, 0.5) is 0 Å². The topological polar surface area (TPSA) is 27.1 Å². The van der Waals surface area contributed by atoms with Gasteiger partial charge in [-0.1, -0.05) is 48.0 Å². The fourth-order valence-electron chi connectivity index (χ4n) is 3.59. The van der Waals surface area contributed by atoms with E-state index in [0.29, 0.717) is 0 Å². The Morgan fingerprint density at radius 3 is 2.41 bits per heavy atom. The molecule has 29 heavy (non-hydrogen) atoms. The van der Waals surface area contributed by atoms with Crippen LogP contribution in [0.3, 0.4) is 0 Å². The molecule has 0 spiro atoms. The molecular formula is C26H28N2O. The van der Waals surface area contributed by atoms with Crippen molar-refractivity contribution in [1.82, 2.24) is 9.55 Å². The summed E-state index contributed by atoms with van der Waals surface area (Å²) >= 11 is 0. The summed E-state index contributed by atoms with van der Waals surface area (Å²) in [5.41, 5.74) is 7.24. The van der Waals surface area contributed by atoms with E-state index in [2.05, 4.69) is 92.1 Å². The Balaban J connectivity index is 1.45. The number of aromatic nitrogens is 2. The fourth-order valence-corrected chi connectivity index (χ4v) is 3.59. The van der Waals surface area contributed by atoms with E-state index in [1.54, 1.807) is 0 Å². The molecular weight excluding hydrogens is 356 g/mol. The molecule has 0 amide bonds. The van der Waals surface area contributed by atoms with Crippen LogP contribution in [0.25, 0.3) is 22.4 Å². The van der Waals surface area contributed by atoms with Crippen molar-refractivity contribution in [2.24, 2.45) is 0 Å². The summed E-state index contributed by atoms with van der Waals surface area (Å²) in [7, 11) is 0. The van der Waals surface area contributed by atoms with Gasteiger partial charge in [0.05, 0.1) is 17.6 Å². The number of hydrogen-bond acceptors (Lipinski definition) is 2. The molecule has 0 fully saturated rings. The predicted molar refractivity (Wildman–Crippen MR) is 121 cm³/mol. The maximum Gasteiger partial charge on any atom is 0.141 e. The Kier molecular flexibility index (Phi) is 5.66. The van der Waals surface area contributed by atoms with Crippen LogP contribution in [0.2, 0.25) is 0 Å². The Morgan fingerprint density at radius 1 is 0.828 bits per heavy atom. The van der Waals surface area contributed by atoms with Crippen molar-refractivity contribution in [1.29, 1.82) is 0 Å². The van der Waals surface area contributed by atoms with E-state index in [-0.39, 0.29) is 0 Å². The van der Waals surface area contributed by atoms with Crippen molar-refractivity contribution in [2.45, 2.75) is 40.2 Å². The van der Waals surface area contributed by atoms with E-state index in [9.17, 15) is 0 Å². The summed E-state index contributed by atoms with van der Waals surface area (Å²) in [5, 5.41) is 0. The summed E-state index contributed by atoms with van der Waals surface area (Å²) in [4.78, 5) is 4.91. The third kappa shape index (κ3) is 4.34. The maximum absolute atomic E-state index is 5.95. The van der Waals surface area contributed by atoms with E-state index >= 15 is 0 Å². The van der Waals surface area contributed by atoms with Gasteiger partial charge in [0.15, 0.2) is 0 Å². The van der Waals surface area contributed by atoms with E-state index in [0.717, 1.165) is 48.6 Å². The molecule has 3 heteroatoms. The number of fused-ring (bicyclic) bond motifs is 1. The van der Waals surface area contributed by atoms with E-state index in [4.69, 9.17) is 9.72 Å². The standard InChI is InChI=1S/C26H28N2O/c1-19-10-13-22(14-11-19)26-27-24-8-4-5-9-25(24)28(26)16-6-7-17-29-23-15-12-20(2)21(3)18-23/h4-5,8-15,18H,6-7,16-17H2,1-3H3. The zero-order chi connectivity index (χ0) is 20.2. The monoisotopic (exact) mass is 384 g/mol. The molecule has 0 saturated carbocycles. The lowest BCUT2D eigenvalue weighted by Crippen LogP contribution is -2.04. The summed E-state index contributed by atoms with van der Waals surface area (Å²) in [5.74, 6) is 2.00. The minimum atomic E-state index is 0.731. The number of para-hydroxylation sites is 2. The van der Waals surface area contributed by atoms with Crippen LogP contribution < -0.4 is 4.74 Å². The summed E-state index contributed by atoms with van der Waals surface area (Å²) < 4.78 is 8.30. The van der Waals surface area contributed by atoms with E-state index in [1.807, 2.05) is 0 Å². The highest BCUT2D eigenvalue weighted by atomic mass is 16.5. The van der Waals surface area contributed by atoms with Gasteiger partial charge in [0.2, 0.25) is 0 Å². The lowest BCUT2D eigenvalue weighted by molar-refractivity contribution is 0.303. The van der Waals surface area contributed by atoms with E-state index < -0.39 is 0 Å². The average Bonchev–Trinajstić information content (AvgIpc) is 3.09. The van der Waals surface area contributed by atoms with Crippen LogP contribution in [0.5, 0.6) is 5.75 Å². The second-order valence-electron chi connectivity index (χ2n) is 7.74. The van der Waals surface area contributed by atoms with Crippen LogP contribution in [0.15, 0.2) is 66.7 Å². The van der Waals surface area contributed by atoms with Gasteiger partial charge in [-0.2, -0.15) is 0 Å². The molecule has 0 aliphatic rings. The summed E-state index contributed by atoms with van der Waals surface area (Å²) in [6, 6.07) is 23.3. The number of imidazole rings is 1. The first-order chi connectivity index (χ1) is 14.1. The Morgan fingerprint density at radius 2 is 1.62 bits per heavy atom. The third-order valence-electron chi connectivity index (χ3n) is 5.49. The van der Waals surface area contributed by atoms with Gasteiger partial charge in [0.25, 0.3) is 0 Å². The molecule has 0 radical (unpaired) electrons. The smallest absolute Gasteiger partial charge is 0.141 e. The third-order valence-corrected chi connectivity index (χ3v) is 5.49. The second-order valence-corrected chi connectivity index (χ2v) is 7.74. The van der Waals surface area contributed by atoms with Gasteiger partial charge in [0.1, 0.15) is 11.6 Å². The van der Waals surface area contributed by atoms with Gasteiger partial charge in [-0.05, 0) is 69.0 Å². The van der Waals surface area contributed by atoms with Crippen molar-refractivity contribution in [3.63, 3.8) is 0 Å². The second kappa shape index (κ2) is 8.52. The first-order valence-corrected chi connectivity index (χ1v) is 10.3. The van der Waals surface area contributed by atoms with Crippen LogP contribution in [0, 0.1) is 20.8 Å². The highest BCUT2D eigenvalue weighted by Crippen LogP contribution is 2.26. The van der Waals surface area contributed by atoms with Crippen molar-refractivity contribution in [2.75, 3.05) is 6.61 Å². The normalized spacial score (nSPS) is 11.1. The molecule has 1 aromatic heterocycles.